The van der Waals surface area contributed by atoms with Crippen molar-refractivity contribution in [3.05, 3.63) is 12.2 Å². The van der Waals surface area contributed by atoms with Crippen molar-refractivity contribution in [1.82, 2.24) is 4.31 Å². The molecule has 3 nitrogen and oxygen atoms in total. The maximum atomic E-state index is 11.9. The quantitative estimate of drug-likeness (QED) is 0.727. The van der Waals surface area contributed by atoms with Crippen LogP contribution in [0.3, 0.4) is 0 Å². The molecule has 2 bridgehead atoms. The lowest BCUT2D eigenvalue weighted by molar-refractivity contribution is 0.206. The Labute approximate surface area is 105 Å². The van der Waals surface area contributed by atoms with Crippen molar-refractivity contribution < 1.29 is 8.42 Å². The standard InChI is InChI=1S/C13H23NO2S/c1-13(2,3)14(17(4,15)16)9-12-8-10-5-6-11(12)7-10/h5-6,10-12H,7-9H2,1-4H3. The first-order valence-electron chi connectivity index (χ1n) is 6.34. The molecule has 0 amide bonds. The molecule has 4 heteroatoms. The lowest BCUT2D eigenvalue weighted by Gasteiger charge is -2.36. The molecule has 0 N–H and O–H groups in total. The largest absolute Gasteiger partial charge is 0.212 e. The summed E-state index contributed by atoms with van der Waals surface area (Å²) < 4.78 is 25.4. The summed E-state index contributed by atoms with van der Waals surface area (Å²) in [6, 6.07) is 0. The van der Waals surface area contributed by atoms with Gasteiger partial charge in [0.1, 0.15) is 0 Å². The van der Waals surface area contributed by atoms with Crippen molar-refractivity contribution in [2.45, 2.75) is 39.2 Å². The normalized spacial score (nSPS) is 32.6. The topological polar surface area (TPSA) is 37.4 Å². The summed E-state index contributed by atoms with van der Waals surface area (Å²) >= 11 is 0. The molecule has 0 saturated heterocycles. The van der Waals surface area contributed by atoms with E-state index in [1.165, 1.54) is 12.7 Å². The molecule has 2 rings (SSSR count). The van der Waals surface area contributed by atoms with E-state index in [2.05, 4.69) is 12.2 Å². The van der Waals surface area contributed by atoms with Gasteiger partial charge < -0.3 is 0 Å². The van der Waals surface area contributed by atoms with Crippen molar-refractivity contribution in [2.75, 3.05) is 12.8 Å². The van der Waals surface area contributed by atoms with Gasteiger partial charge in [-0.2, -0.15) is 4.31 Å². The van der Waals surface area contributed by atoms with Crippen molar-refractivity contribution in [3.8, 4) is 0 Å². The molecule has 0 aromatic rings. The van der Waals surface area contributed by atoms with Gasteiger partial charge in [-0.1, -0.05) is 12.2 Å². The Morgan fingerprint density at radius 2 is 1.88 bits per heavy atom. The van der Waals surface area contributed by atoms with Crippen LogP contribution >= 0.6 is 0 Å². The smallest absolute Gasteiger partial charge is 0.211 e. The van der Waals surface area contributed by atoms with Crippen LogP contribution in [0.5, 0.6) is 0 Å². The zero-order valence-corrected chi connectivity index (χ0v) is 12.0. The van der Waals surface area contributed by atoms with Gasteiger partial charge in [0.2, 0.25) is 10.0 Å². The van der Waals surface area contributed by atoms with E-state index in [-0.39, 0.29) is 5.54 Å². The van der Waals surface area contributed by atoms with Crippen molar-refractivity contribution >= 4 is 10.0 Å². The first-order chi connectivity index (χ1) is 7.68. The van der Waals surface area contributed by atoms with Gasteiger partial charge in [-0.15, -0.1) is 0 Å². The second-order valence-electron chi connectivity index (χ2n) is 6.51. The summed E-state index contributed by atoms with van der Waals surface area (Å²) in [6.45, 7) is 6.58. The Bertz CT molecular complexity index is 419. The zero-order valence-electron chi connectivity index (χ0n) is 11.2. The number of rotatable bonds is 3. The Morgan fingerprint density at radius 3 is 2.24 bits per heavy atom. The number of fused-ring (bicyclic) bond motifs is 2. The lowest BCUT2D eigenvalue weighted by Crippen LogP contribution is -2.47. The second kappa shape index (κ2) is 4.09. The minimum Gasteiger partial charge on any atom is -0.212 e. The van der Waals surface area contributed by atoms with Gasteiger partial charge in [-0.25, -0.2) is 8.42 Å². The van der Waals surface area contributed by atoms with Gasteiger partial charge in [0.05, 0.1) is 6.26 Å². The molecular weight excluding hydrogens is 234 g/mol. The molecule has 0 heterocycles. The molecule has 1 saturated carbocycles. The van der Waals surface area contributed by atoms with E-state index in [0.29, 0.717) is 24.3 Å². The Hall–Kier alpha value is -0.350. The van der Waals surface area contributed by atoms with E-state index in [9.17, 15) is 8.42 Å². The third-order valence-electron chi connectivity index (χ3n) is 3.97. The average Bonchev–Trinajstić information content (AvgIpc) is 2.70. The summed E-state index contributed by atoms with van der Waals surface area (Å²) in [4.78, 5) is 0. The molecule has 98 valence electrons. The minimum absolute atomic E-state index is 0.320. The molecular formula is C13H23NO2S. The van der Waals surface area contributed by atoms with Crippen LogP contribution in [-0.2, 0) is 10.0 Å². The van der Waals surface area contributed by atoms with Gasteiger partial charge in [0.25, 0.3) is 0 Å². The number of hydrogen-bond donors (Lipinski definition) is 0. The van der Waals surface area contributed by atoms with Gasteiger partial charge in [-0.3, -0.25) is 0 Å². The van der Waals surface area contributed by atoms with Crippen LogP contribution in [0.15, 0.2) is 12.2 Å². The predicted octanol–water partition coefficient (Wildman–Crippen LogP) is 2.26. The van der Waals surface area contributed by atoms with E-state index < -0.39 is 10.0 Å². The molecule has 2 aliphatic carbocycles. The highest BCUT2D eigenvalue weighted by atomic mass is 32.2. The van der Waals surface area contributed by atoms with E-state index in [1.54, 1.807) is 4.31 Å². The maximum Gasteiger partial charge on any atom is 0.211 e. The van der Waals surface area contributed by atoms with Crippen LogP contribution in [0.4, 0.5) is 0 Å². The molecule has 0 aromatic carbocycles. The fourth-order valence-electron chi connectivity index (χ4n) is 3.22. The van der Waals surface area contributed by atoms with Gasteiger partial charge in [0, 0.05) is 12.1 Å². The predicted molar refractivity (Wildman–Crippen MR) is 70.1 cm³/mol. The first kappa shape index (κ1) is 13.1. The summed E-state index contributed by atoms with van der Waals surface area (Å²) in [6.07, 6.45) is 8.28. The van der Waals surface area contributed by atoms with Crippen LogP contribution in [-0.4, -0.2) is 31.1 Å². The van der Waals surface area contributed by atoms with E-state index in [0.717, 1.165) is 6.42 Å². The number of sulfonamides is 1. The first-order valence-corrected chi connectivity index (χ1v) is 8.19. The monoisotopic (exact) mass is 257 g/mol. The van der Waals surface area contributed by atoms with Crippen LogP contribution in [0.2, 0.25) is 0 Å². The van der Waals surface area contributed by atoms with Gasteiger partial charge in [0.15, 0.2) is 0 Å². The molecule has 3 atom stereocenters. The molecule has 3 unspecified atom stereocenters. The van der Waals surface area contributed by atoms with Crippen molar-refractivity contribution in [1.29, 1.82) is 0 Å². The summed E-state index contributed by atoms with van der Waals surface area (Å²) in [5, 5.41) is 0. The Kier molecular flexibility index (Phi) is 3.15. The van der Waals surface area contributed by atoms with E-state index in [4.69, 9.17) is 0 Å². The molecule has 2 aliphatic rings. The Morgan fingerprint density at radius 1 is 1.24 bits per heavy atom. The maximum absolute atomic E-state index is 11.9. The number of allylic oxidation sites excluding steroid dienone is 2. The third kappa shape index (κ3) is 2.74. The number of hydrogen-bond acceptors (Lipinski definition) is 2. The second-order valence-corrected chi connectivity index (χ2v) is 8.41. The van der Waals surface area contributed by atoms with Crippen molar-refractivity contribution in [3.63, 3.8) is 0 Å². The summed E-state index contributed by atoms with van der Waals surface area (Å²) in [5.74, 6) is 1.82. The molecule has 17 heavy (non-hydrogen) atoms. The van der Waals surface area contributed by atoms with E-state index in [1.807, 2.05) is 20.8 Å². The van der Waals surface area contributed by atoms with Crippen LogP contribution in [0, 0.1) is 17.8 Å². The summed E-state index contributed by atoms with van der Waals surface area (Å²) in [5.41, 5.74) is -0.320. The van der Waals surface area contributed by atoms with Crippen LogP contribution in [0.25, 0.3) is 0 Å². The highest BCUT2D eigenvalue weighted by molar-refractivity contribution is 7.88. The Balaban J connectivity index is 2.12. The minimum atomic E-state index is -3.12. The van der Waals surface area contributed by atoms with E-state index >= 15 is 0 Å². The van der Waals surface area contributed by atoms with Crippen LogP contribution in [0.1, 0.15) is 33.6 Å². The number of nitrogens with zero attached hydrogens (tertiary/aromatic N) is 1. The third-order valence-corrected chi connectivity index (χ3v) is 5.46. The molecule has 0 radical (unpaired) electrons. The fraction of sp³-hybridized carbons (Fsp3) is 0.846. The fourth-order valence-corrected chi connectivity index (χ4v) is 4.68. The highest BCUT2D eigenvalue weighted by Gasteiger charge is 2.40. The van der Waals surface area contributed by atoms with Crippen molar-refractivity contribution in [2.24, 2.45) is 17.8 Å². The van der Waals surface area contributed by atoms with Crippen LogP contribution < -0.4 is 0 Å². The molecule has 0 aromatic heterocycles. The molecule has 1 fully saturated rings. The molecule has 0 aliphatic heterocycles. The lowest BCUT2D eigenvalue weighted by atomic mass is 9.92. The SMILES string of the molecule is CC(C)(C)N(CC1CC2C=CC1C2)S(C)(=O)=O. The average molecular weight is 257 g/mol. The zero-order chi connectivity index (χ0) is 12.8. The van der Waals surface area contributed by atoms with Gasteiger partial charge in [-0.05, 0) is 51.4 Å². The summed E-state index contributed by atoms with van der Waals surface area (Å²) in [7, 11) is -3.12. The van der Waals surface area contributed by atoms with Gasteiger partial charge >= 0.3 is 0 Å². The molecule has 0 spiro atoms. The highest BCUT2D eigenvalue weighted by Crippen LogP contribution is 2.44.